The van der Waals surface area contributed by atoms with Gasteiger partial charge < -0.3 is 8.98 Å². The Hall–Kier alpha value is -6.39. The topological polar surface area (TPSA) is 35.9 Å². The van der Waals surface area contributed by atoms with Crippen LogP contribution in [0.15, 0.2) is 162 Å². The first-order chi connectivity index (χ1) is 24.9. The molecular weight excluding hydrogens is 623 g/mol. The molecule has 0 bridgehead atoms. The molecular formula is C47H35N3O. The minimum atomic E-state index is 0.0884. The molecule has 4 nitrogen and oxygen atoms in total. The van der Waals surface area contributed by atoms with Crippen LogP contribution in [-0.4, -0.2) is 14.1 Å². The van der Waals surface area contributed by atoms with Gasteiger partial charge in [-0.05, 0) is 89.3 Å². The van der Waals surface area contributed by atoms with Crippen molar-refractivity contribution in [1.29, 1.82) is 0 Å². The summed E-state index contributed by atoms with van der Waals surface area (Å²) < 4.78 is 11.1. The molecule has 51 heavy (non-hydrogen) atoms. The Kier molecular flexibility index (Phi) is 6.40. The normalized spacial score (nSPS) is 12.2. The van der Waals surface area contributed by atoms with Gasteiger partial charge >= 0.3 is 0 Å². The Labute approximate surface area is 295 Å². The molecule has 10 rings (SSSR count). The van der Waals surface area contributed by atoms with Crippen LogP contribution in [0.2, 0.25) is 0 Å². The smallest absolute Gasteiger partial charge is 0.145 e. The quantitative estimate of drug-likeness (QED) is 0.189. The zero-order chi connectivity index (χ0) is 34.3. The van der Waals surface area contributed by atoms with Crippen molar-refractivity contribution in [2.45, 2.75) is 26.2 Å². The fourth-order valence-corrected chi connectivity index (χ4v) is 7.74. The highest BCUT2D eigenvalue weighted by Gasteiger charge is 2.19. The lowest BCUT2D eigenvalue weighted by Gasteiger charge is -2.19. The van der Waals surface area contributed by atoms with Crippen molar-refractivity contribution in [2.75, 3.05) is 0 Å². The van der Waals surface area contributed by atoms with Gasteiger partial charge in [-0.3, -0.25) is 4.57 Å². The molecule has 0 atom stereocenters. The van der Waals surface area contributed by atoms with E-state index in [1.807, 2.05) is 12.1 Å². The number of fused-ring (bicyclic) bond motifs is 7. The Morgan fingerprint density at radius 3 is 1.92 bits per heavy atom. The molecule has 0 saturated carbocycles. The van der Waals surface area contributed by atoms with E-state index in [1.54, 1.807) is 0 Å². The molecule has 244 valence electrons. The van der Waals surface area contributed by atoms with Crippen molar-refractivity contribution in [3.05, 3.63) is 163 Å². The molecule has 0 fully saturated rings. The molecule has 0 unspecified atom stereocenters. The predicted octanol–water partition coefficient (Wildman–Crippen LogP) is 12.7. The van der Waals surface area contributed by atoms with Crippen molar-refractivity contribution in [1.82, 2.24) is 14.1 Å². The Morgan fingerprint density at radius 2 is 1.12 bits per heavy atom. The van der Waals surface area contributed by atoms with Gasteiger partial charge in [0.25, 0.3) is 0 Å². The van der Waals surface area contributed by atoms with Crippen LogP contribution in [0.4, 0.5) is 0 Å². The van der Waals surface area contributed by atoms with Crippen LogP contribution >= 0.6 is 0 Å². The van der Waals surface area contributed by atoms with Gasteiger partial charge in [-0.15, -0.1) is 0 Å². The van der Waals surface area contributed by atoms with Crippen LogP contribution < -0.4 is 0 Å². The van der Waals surface area contributed by atoms with Gasteiger partial charge in [-0.2, -0.15) is 0 Å². The molecule has 0 radical (unpaired) electrons. The second-order valence-electron chi connectivity index (χ2n) is 14.5. The summed E-state index contributed by atoms with van der Waals surface area (Å²) in [5.41, 5.74) is 13.2. The number of aromatic nitrogens is 3. The summed E-state index contributed by atoms with van der Waals surface area (Å²) in [5.74, 6) is 0.929. The van der Waals surface area contributed by atoms with Crippen molar-refractivity contribution in [3.8, 4) is 33.9 Å². The predicted molar refractivity (Wildman–Crippen MR) is 212 cm³/mol. The van der Waals surface area contributed by atoms with Crippen molar-refractivity contribution >= 4 is 54.8 Å². The van der Waals surface area contributed by atoms with Crippen LogP contribution in [0.5, 0.6) is 0 Å². The van der Waals surface area contributed by atoms with Crippen LogP contribution in [0.25, 0.3) is 88.7 Å². The average molecular weight is 658 g/mol. The first-order valence-electron chi connectivity index (χ1n) is 17.6. The molecule has 0 aliphatic heterocycles. The van der Waals surface area contributed by atoms with Crippen LogP contribution in [0.1, 0.15) is 26.3 Å². The van der Waals surface area contributed by atoms with E-state index >= 15 is 0 Å². The number of benzene rings is 7. The zero-order valence-corrected chi connectivity index (χ0v) is 28.8. The van der Waals surface area contributed by atoms with Gasteiger partial charge in [0, 0.05) is 44.0 Å². The van der Waals surface area contributed by atoms with E-state index in [-0.39, 0.29) is 5.41 Å². The Balaban J connectivity index is 1.09. The molecule has 10 aromatic rings. The monoisotopic (exact) mass is 657 g/mol. The zero-order valence-electron chi connectivity index (χ0n) is 28.8. The Morgan fingerprint density at radius 1 is 0.490 bits per heavy atom. The van der Waals surface area contributed by atoms with Crippen molar-refractivity contribution < 1.29 is 4.42 Å². The van der Waals surface area contributed by atoms with Gasteiger partial charge in [-0.1, -0.05) is 106 Å². The molecule has 0 N–H and O–H groups in total. The van der Waals surface area contributed by atoms with Crippen LogP contribution in [0, 0.1) is 0 Å². The molecule has 3 heterocycles. The van der Waals surface area contributed by atoms with Gasteiger partial charge in [0.1, 0.15) is 17.0 Å². The van der Waals surface area contributed by atoms with Gasteiger partial charge in [0.15, 0.2) is 0 Å². The second-order valence-corrected chi connectivity index (χ2v) is 14.5. The summed E-state index contributed by atoms with van der Waals surface area (Å²) in [6, 6.07) is 56.3. The van der Waals surface area contributed by atoms with Crippen LogP contribution in [-0.2, 0) is 5.41 Å². The third-order valence-electron chi connectivity index (χ3n) is 10.3. The molecule has 3 aromatic heterocycles. The fourth-order valence-electron chi connectivity index (χ4n) is 7.74. The van der Waals surface area contributed by atoms with E-state index in [4.69, 9.17) is 9.40 Å². The average Bonchev–Trinajstić information content (AvgIpc) is 3.84. The Bertz CT molecular complexity index is 2930. The summed E-state index contributed by atoms with van der Waals surface area (Å²) in [5, 5.41) is 4.71. The molecule has 0 aliphatic rings. The third-order valence-corrected chi connectivity index (χ3v) is 10.3. The van der Waals surface area contributed by atoms with E-state index in [2.05, 4.69) is 175 Å². The number of rotatable bonds is 4. The first-order valence-corrected chi connectivity index (χ1v) is 17.6. The molecule has 0 aliphatic carbocycles. The maximum atomic E-state index is 6.42. The molecule has 4 heteroatoms. The molecule has 7 aromatic carbocycles. The number of para-hydroxylation sites is 5. The van der Waals surface area contributed by atoms with Gasteiger partial charge in [0.2, 0.25) is 0 Å². The van der Waals surface area contributed by atoms with E-state index in [0.717, 1.165) is 72.4 Å². The summed E-state index contributed by atoms with van der Waals surface area (Å²) in [4.78, 5) is 5.15. The van der Waals surface area contributed by atoms with E-state index in [1.165, 1.54) is 21.9 Å². The van der Waals surface area contributed by atoms with E-state index in [0.29, 0.717) is 0 Å². The lowest BCUT2D eigenvalue weighted by molar-refractivity contribution is 0.590. The summed E-state index contributed by atoms with van der Waals surface area (Å²) in [6.07, 6.45) is 0. The largest absolute Gasteiger partial charge is 0.455 e. The summed E-state index contributed by atoms with van der Waals surface area (Å²) >= 11 is 0. The minimum Gasteiger partial charge on any atom is -0.455 e. The highest BCUT2D eigenvalue weighted by Crippen LogP contribution is 2.40. The third kappa shape index (κ3) is 4.64. The number of imidazole rings is 1. The summed E-state index contributed by atoms with van der Waals surface area (Å²) in [7, 11) is 0. The number of nitrogens with zero attached hydrogens (tertiary/aromatic N) is 3. The standard InChI is InChI=1S/C47H35N3O/c1-47(2,3)32-22-26-34(27-23-32)50-43-17-8-6-15-40(43)48-46(50)30-19-24-33(25-20-30)49-41-16-7-4-11-36(41)39-29-31(21-28-42(39)49)35-13-10-14-38-37-12-5-9-18-44(37)51-45(35)38/h4-29H,1-3H3. The number of hydrogen-bond acceptors (Lipinski definition) is 2. The fraction of sp³-hybridized carbons (Fsp3) is 0.0851. The van der Waals surface area contributed by atoms with Crippen molar-refractivity contribution in [2.24, 2.45) is 0 Å². The van der Waals surface area contributed by atoms with E-state index in [9.17, 15) is 0 Å². The number of furan rings is 1. The lowest BCUT2D eigenvalue weighted by Crippen LogP contribution is -2.11. The maximum Gasteiger partial charge on any atom is 0.145 e. The SMILES string of the molecule is CC(C)(C)c1ccc(-n2c(-c3ccc(-n4c5ccccc5c5cc(-c6cccc7c6oc6ccccc67)ccc54)cc3)nc3ccccc32)cc1. The molecule has 0 amide bonds. The van der Waals surface area contributed by atoms with Crippen molar-refractivity contribution in [3.63, 3.8) is 0 Å². The second kappa shape index (κ2) is 11.1. The van der Waals surface area contributed by atoms with E-state index < -0.39 is 0 Å². The van der Waals surface area contributed by atoms with Crippen LogP contribution in [0.3, 0.4) is 0 Å². The summed E-state index contributed by atoms with van der Waals surface area (Å²) in [6.45, 7) is 6.75. The number of hydrogen-bond donors (Lipinski definition) is 0. The highest BCUT2D eigenvalue weighted by molar-refractivity contribution is 6.13. The first kappa shape index (κ1) is 29.5. The van der Waals surface area contributed by atoms with Gasteiger partial charge in [0.05, 0.1) is 22.1 Å². The minimum absolute atomic E-state index is 0.0884. The highest BCUT2D eigenvalue weighted by atomic mass is 16.3. The lowest BCUT2D eigenvalue weighted by atomic mass is 9.87. The van der Waals surface area contributed by atoms with Gasteiger partial charge in [-0.25, -0.2) is 4.98 Å². The maximum absolute atomic E-state index is 6.42. The molecule has 0 saturated heterocycles. The molecule has 0 spiro atoms.